The third-order valence-electron chi connectivity index (χ3n) is 3.88. The van der Waals surface area contributed by atoms with Gasteiger partial charge in [0.15, 0.2) is 11.2 Å². The first-order valence-corrected chi connectivity index (χ1v) is 8.48. The molecule has 8 heteroatoms. The minimum Gasteiger partial charge on any atom is -0.491 e. The van der Waals surface area contributed by atoms with Gasteiger partial charge in [-0.3, -0.25) is 9.59 Å². The molecule has 3 rings (SSSR count). The van der Waals surface area contributed by atoms with E-state index in [4.69, 9.17) is 9.15 Å². The van der Waals surface area contributed by atoms with Gasteiger partial charge < -0.3 is 14.5 Å². The molecule has 146 valence electrons. The summed E-state index contributed by atoms with van der Waals surface area (Å²) in [6.45, 7) is 2.10. The van der Waals surface area contributed by atoms with Crippen LogP contribution in [-0.4, -0.2) is 12.5 Å². The molecule has 0 saturated carbocycles. The molecule has 0 atom stereocenters. The third-order valence-corrected chi connectivity index (χ3v) is 3.88. The van der Waals surface area contributed by atoms with Crippen LogP contribution in [0, 0.1) is 0 Å². The fraction of sp³-hybridized carbons (Fsp3) is 0.200. The molecule has 1 N–H and O–H groups in total. The van der Waals surface area contributed by atoms with Crippen LogP contribution in [0.2, 0.25) is 0 Å². The standard InChI is InChI=1S/C20H16F3NO4/c1-2-9-27-17-8-7-12(20(21,22)23)10-14(17)24-19(26)18-11-15(25)13-5-3-4-6-16(13)28-18/h3-8,10-11H,2,9H2,1H3,(H,24,26). The highest BCUT2D eigenvalue weighted by Crippen LogP contribution is 2.35. The first-order chi connectivity index (χ1) is 13.3. The van der Waals surface area contributed by atoms with Gasteiger partial charge in [-0.15, -0.1) is 0 Å². The van der Waals surface area contributed by atoms with E-state index < -0.39 is 23.1 Å². The minimum atomic E-state index is -4.59. The Labute approximate surface area is 157 Å². The van der Waals surface area contributed by atoms with Gasteiger partial charge in [0.05, 0.1) is 23.2 Å². The van der Waals surface area contributed by atoms with Crippen molar-refractivity contribution >= 4 is 22.6 Å². The second-order valence-electron chi connectivity index (χ2n) is 5.98. The van der Waals surface area contributed by atoms with E-state index in [0.717, 1.165) is 24.3 Å². The van der Waals surface area contributed by atoms with E-state index in [1.807, 2.05) is 6.92 Å². The molecule has 5 nitrogen and oxygen atoms in total. The second kappa shape index (κ2) is 7.75. The van der Waals surface area contributed by atoms with Crippen molar-refractivity contribution in [1.82, 2.24) is 0 Å². The number of para-hydroxylation sites is 1. The van der Waals surface area contributed by atoms with Crippen molar-refractivity contribution in [2.75, 3.05) is 11.9 Å². The van der Waals surface area contributed by atoms with Crippen LogP contribution in [-0.2, 0) is 6.18 Å². The molecule has 0 saturated heterocycles. The van der Waals surface area contributed by atoms with Gasteiger partial charge in [-0.1, -0.05) is 19.1 Å². The van der Waals surface area contributed by atoms with Crippen molar-refractivity contribution < 1.29 is 27.1 Å². The molecule has 0 aliphatic rings. The number of anilines is 1. The molecule has 0 unspecified atom stereocenters. The smallest absolute Gasteiger partial charge is 0.416 e. The Kier molecular flexibility index (Phi) is 5.39. The van der Waals surface area contributed by atoms with Crippen LogP contribution in [0.4, 0.5) is 18.9 Å². The third kappa shape index (κ3) is 4.16. The molecule has 0 radical (unpaired) electrons. The molecule has 1 aromatic heterocycles. The average molecular weight is 391 g/mol. The Bertz CT molecular complexity index is 1070. The SMILES string of the molecule is CCCOc1ccc(C(F)(F)F)cc1NC(=O)c1cc(=O)c2ccccc2o1. The second-order valence-corrected chi connectivity index (χ2v) is 5.98. The zero-order valence-electron chi connectivity index (χ0n) is 14.8. The first-order valence-electron chi connectivity index (χ1n) is 8.48. The number of amides is 1. The first kappa shape index (κ1) is 19.5. The summed E-state index contributed by atoms with van der Waals surface area (Å²) in [6, 6.07) is 10.1. The molecule has 28 heavy (non-hydrogen) atoms. The number of hydrogen-bond acceptors (Lipinski definition) is 4. The number of benzene rings is 2. The van der Waals surface area contributed by atoms with E-state index in [-0.39, 0.29) is 29.4 Å². The Morgan fingerprint density at radius 3 is 2.61 bits per heavy atom. The molecule has 0 aliphatic heterocycles. The fourth-order valence-corrected chi connectivity index (χ4v) is 2.54. The average Bonchev–Trinajstić information content (AvgIpc) is 2.66. The summed E-state index contributed by atoms with van der Waals surface area (Å²) in [4.78, 5) is 24.7. The molecule has 0 spiro atoms. The highest BCUT2D eigenvalue weighted by Gasteiger charge is 2.31. The van der Waals surface area contributed by atoms with Gasteiger partial charge in [0.25, 0.3) is 5.91 Å². The Hall–Kier alpha value is -3.29. The van der Waals surface area contributed by atoms with Gasteiger partial charge in [0, 0.05) is 6.07 Å². The lowest BCUT2D eigenvalue weighted by atomic mass is 10.1. The van der Waals surface area contributed by atoms with Gasteiger partial charge in [-0.25, -0.2) is 0 Å². The molecule has 0 fully saturated rings. The predicted molar refractivity (Wildman–Crippen MR) is 97.7 cm³/mol. The maximum absolute atomic E-state index is 13.0. The lowest BCUT2D eigenvalue weighted by Gasteiger charge is -2.15. The Morgan fingerprint density at radius 2 is 1.89 bits per heavy atom. The number of ether oxygens (including phenoxy) is 1. The summed E-state index contributed by atoms with van der Waals surface area (Å²) in [5, 5.41) is 2.64. The van der Waals surface area contributed by atoms with Crippen molar-refractivity contribution in [3.05, 3.63) is 70.1 Å². The summed E-state index contributed by atoms with van der Waals surface area (Å²) in [7, 11) is 0. The van der Waals surface area contributed by atoms with E-state index in [2.05, 4.69) is 5.32 Å². The van der Waals surface area contributed by atoms with Crippen molar-refractivity contribution in [1.29, 1.82) is 0 Å². The number of halogens is 3. The predicted octanol–water partition coefficient (Wildman–Crippen LogP) is 4.85. The molecule has 0 bridgehead atoms. The molecular weight excluding hydrogens is 375 g/mol. The van der Waals surface area contributed by atoms with Crippen LogP contribution in [0.25, 0.3) is 11.0 Å². The minimum absolute atomic E-state index is 0.0892. The van der Waals surface area contributed by atoms with Crippen molar-refractivity contribution in [3.8, 4) is 5.75 Å². The number of hydrogen-bond donors (Lipinski definition) is 1. The van der Waals surface area contributed by atoms with E-state index >= 15 is 0 Å². The topological polar surface area (TPSA) is 68.5 Å². The largest absolute Gasteiger partial charge is 0.491 e. The van der Waals surface area contributed by atoms with Crippen molar-refractivity contribution in [3.63, 3.8) is 0 Å². The number of alkyl halides is 3. The van der Waals surface area contributed by atoms with Gasteiger partial charge >= 0.3 is 6.18 Å². The fourth-order valence-electron chi connectivity index (χ4n) is 2.54. The molecule has 1 heterocycles. The summed E-state index contributed by atoms with van der Waals surface area (Å²) in [5.74, 6) is -1.09. The number of fused-ring (bicyclic) bond motifs is 1. The van der Waals surface area contributed by atoms with Crippen molar-refractivity contribution in [2.24, 2.45) is 0 Å². The summed E-state index contributed by atoms with van der Waals surface area (Å²) >= 11 is 0. The molecule has 1 amide bonds. The van der Waals surface area contributed by atoms with E-state index in [1.54, 1.807) is 18.2 Å². The Balaban J connectivity index is 1.97. The van der Waals surface area contributed by atoms with Crippen molar-refractivity contribution in [2.45, 2.75) is 19.5 Å². The zero-order valence-corrected chi connectivity index (χ0v) is 14.8. The van der Waals surface area contributed by atoms with Crippen LogP contribution in [0.3, 0.4) is 0 Å². The lowest BCUT2D eigenvalue weighted by Crippen LogP contribution is -2.16. The van der Waals surface area contributed by atoms with Gasteiger partial charge in [0.2, 0.25) is 0 Å². The molecule has 3 aromatic rings. The highest BCUT2D eigenvalue weighted by atomic mass is 19.4. The lowest BCUT2D eigenvalue weighted by molar-refractivity contribution is -0.137. The maximum Gasteiger partial charge on any atom is 0.416 e. The number of nitrogens with one attached hydrogen (secondary N) is 1. The van der Waals surface area contributed by atoms with Crippen LogP contribution < -0.4 is 15.5 Å². The molecular formula is C20H16F3NO4. The molecule has 0 aliphatic carbocycles. The Morgan fingerprint density at radius 1 is 1.14 bits per heavy atom. The normalized spacial score (nSPS) is 11.4. The number of carbonyl (C=O) groups is 1. The zero-order chi connectivity index (χ0) is 20.3. The van der Waals surface area contributed by atoms with E-state index in [0.29, 0.717) is 11.8 Å². The maximum atomic E-state index is 13.0. The molecule has 2 aromatic carbocycles. The van der Waals surface area contributed by atoms with Crippen LogP contribution >= 0.6 is 0 Å². The van der Waals surface area contributed by atoms with Gasteiger partial charge in [-0.05, 0) is 36.8 Å². The van der Waals surface area contributed by atoms with Crippen LogP contribution in [0.5, 0.6) is 5.75 Å². The summed E-state index contributed by atoms with van der Waals surface area (Å²) in [5.41, 5.74) is -1.33. The van der Waals surface area contributed by atoms with Crippen LogP contribution in [0.15, 0.2) is 57.7 Å². The van der Waals surface area contributed by atoms with E-state index in [1.165, 1.54) is 6.07 Å². The van der Waals surface area contributed by atoms with E-state index in [9.17, 15) is 22.8 Å². The number of carbonyl (C=O) groups excluding carboxylic acids is 1. The quantitative estimate of drug-likeness (QED) is 0.675. The summed E-state index contributed by atoms with van der Waals surface area (Å²) < 4.78 is 49.9. The van der Waals surface area contributed by atoms with Gasteiger partial charge in [-0.2, -0.15) is 13.2 Å². The summed E-state index contributed by atoms with van der Waals surface area (Å²) in [6.07, 6.45) is -3.95. The number of rotatable bonds is 5. The van der Waals surface area contributed by atoms with Crippen LogP contribution in [0.1, 0.15) is 29.5 Å². The monoisotopic (exact) mass is 391 g/mol. The van der Waals surface area contributed by atoms with Gasteiger partial charge in [0.1, 0.15) is 11.3 Å². The highest BCUT2D eigenvalue weighted by molar-refractivity contribution is 6.03.